The number of carboxylic acid groups (broad SMARTS) is 1. The van der Waals surface area contributed by atoms with Gasteiger partial charge in [-0.25, -0.2) is 9.78 Å². The standard InChI is InChI=1S/C17H17NO2S/c1-10-6-7-15(11(2)8-10)21-16-13(17(19)20)9-12-4-3-5-14(12)18-16/h6-9H,3-5H2,1-2H3,(H,19,20). The lowest BCUT2D eigenvalue weighted by molar-refractivity contribution is 0.0692. The Morgan fingerprint density at radius 2 is 2.05 bits per heavy atom. The van der Waals surface area contributed by atoms with Gasteiger partial charge in [0.05, 0.1) is 5.56 Å². The van der Waals surface area contributed by atoms with E-state index in [0.717, 1.165) is 41.0 Å². The van der Waals surface area contributed by atoms with Crippen LogP contribution in [0.4, 0.5) is 0 Å². The molecule has 1 aliphatic rings. The first-order chi connectivity index (χ1) is 10.0. The normalized spacial score (nSPS) is 13.2. The topological polar surface area (TPSA) is 50.2 Å². The Balaban J connectivity index is 2.03. The fourth-order valence-corrected chi connectivity index (χ4v) is 3.68. The molecule has 1 heterocycles. The molecule has 0 unspecified atom stereocenters. The van der Waals surface area contributed by atoms with Gasteiger partial charge in [-0.05, 0) is 56.4 Å². The molecule has 0 amide bonds. The summed E-state index contributed by atoms with van der Waals surface area (Å²) in [5.74, 6) is -0.899. The maximum Gasteiger partial charge on any atom is 0.338 e. The molecule has 0 aliphatic heterocycles. The molecule has 0 atom stereocenters. The summed E-state index contributed by atoms with van der Waals surface area (Å²) in [5, 5.41) is 10.0. The molecule has 1 aromatic carbocycles. The molecule has 4 heteroatoms. The molecule has 1 aromatic heterocycles. The molecule has 0 saturated heterocycles. The van der Waals surface area contributed by atoms with Crippen LogP contribution >= 0.6 is 11.8 Å². The zero-order valence-corrected chi connectivity index (χ0v) is 13.0. The summed E-state index contributed by atoms with van der Waals surface area (Å²) in [4.78, 5) is 17.2. The molecule has 108 valence electrons. The van der Waals surface area contributed by atoms with Crippen LogP contribution in [0.5, 0.6) is 0 Å². The molecule has 1 aliphatic carbocycles. The maximum atomic E-state index is 11.5. The van der Waals surface area contributed by atoms with E-state index in [4.69, 9.17) is 0 Å². The first-order valence-corrected chi connectivity index (χ1v) is 7.87. The van der Waals surface area contributed by atoms with Gasteiger partial charge in [0.2, 0.25) is 0 Å². The van der Waals surface area contributed by atoms with Crippen molar-refractivity contribution >= 4 is 17.7 Å². The van der Waals surface area contributed by atoms with E-state index in [1.807, 2.05) is 25.1 Å². The fraction of sp³-hybridized carbons (Fsp3) is 0.294. The summed E-state index contributed by atoms with van der Waals surface area (Å²) in [6.07, 6.45) is 2.96. The van der Waals surface area contributed by atoms with E-state index in [9.17, 15) is 9.90 Å². The van der Waals surface area contributed by atoms with Crippen molar-refractivity contribution in [3.63, 3.8) is 0 Å². The van der Waals surface area contributed by atoms with E-state index < -0.39 is 5.97 Å². The van der Waals surface area contributed by atoms with Crippen LogP contribution in [0.3, 0.4) is 0 Å². The third-order valence-corrected chi connectivity index (χ3v) is 4.97. The Morgan fingerprint density at radius 3 is 2.76 bits per heavy atom. The van der Waals surface area contributed by atoms with Crippen molar-refractivity contribution in [2.45, 2.75) is 43.0 Å². The molecule has 0 bridgehead atoms. The summed E-state index contributed by atoms with van der Waals surface area (Å²) in [6.45, 7) is 4.10. The number of benzene rings is 1. The highest BCUT2D eigenvalue weighted by Gasteiger charge is 2.20. The number of fused-ring (bicyclic) bond motifs is 1. The van der Waals surface area contributed by atoms with Gasteiger partial charge in [-0.1, -0.05) is 29.5 Å². The first-order valence-electron chi connectivity index (χ1n) is 7.06. The van der Waals surface area contributed by atoms with E-state index in [-0.39, 0.29) is 0 Å². The Bertz CT molecular complexity index is 725. The summed E-state index contributed by atoms with van der Waals surface area (Å²) < 4.78 is 0. The number of hydrogen-bond donors (Lipinski definition) is 1. The molecule has 0 fully saturated rings. The number of aromatic carboxylic acids is 1. The van der Waals surface area contributed by atoms with Crippen LogP contribution in [0.15, 0.2) is 34.2 Å². The van der Waals surface area contributed by atoms with Crippen LogP contribution in [0.1, 0.15) is 39.2 Å². The zero-order chi connectivity index (χ0) is 15.0. The second-order valence-electron chi connectivity index (χ2n) is 5.48. The lowest BCUT2D eigenvalue weighted by Crippen LogP contribution is -2.04. The van der Waals surface area contributed by atoms with Crippen LogP contribution in [-0.4, -0.2) is 16.1 Å². The predicted molar refractivity (Wildman–Crippen MR) is 83.3 cm³/mol. The van der Waals surface area contributed by atoms with Crippen molar-refractivity contribution < 1.29 is 9.90 Å². The average molecular weight is 299 g/mol. The number of aromatic nitrogens is 1. The molecule has 0 radical (unpaired) electrons. The van der Waals surface area contributed by atoms with E-state index in [1.54, 1.807) is 0 Å². The molecule has 1 N–H and O–H groups in total. The molecule has 0 spiro atoms. The lowest BCUT2D eigenvalue weighted by atomic mass is 10.1. The second-order valence-corrected chi connectivity index (χ2v) is 6.51. The quantitative estimate of drug-likeness (QED) is 0.929. The lowest BCUT2D eigenvalue weighted by Gasteiger charge is -2.10. The summed E-state index contributed by atoms with van der Waals surface area (Å²) in [5.41, 5.74) is 4.83. The summed E-state index contributed by atoms with van der Waals surface area (Å²) in [7, 11) is 0. The minimum atomic E-state index is -0.899. The van der Waals surface area contributed by atoms with Gasteiger partial charge in [-0.3, -0.25) is 0 Å². The number of pyridine rings is 1. The smallest absolute Gasteiger partial charge is 0.338 e. The number of aryl methyl sites for hydroxylation is 4. The molecule has 0 saturated carbocycles. The minimum Gasteiger partial charge on any atom is -0.478 e. The summed E-state index contributed by atoms with van der Waals surface area (Å²) in [6, 6.07) is 8.00. The molecule has 3 rings (SSSR count). The molecule has 3 nitrogen and oxygen atoms in total. The van der Waals surface area contributed by atoms with E-state index in [0.29, 0.717) is 10.6 Å². The Labute approximate surface area is 128 Å². The second kappa shape index (κ2) is 5.53. The first kappa shape index (κ1) is 14.1. The third-order valence-electron chi connectivity index (χ3n) is 3.78. The van der Waals surface area contributed by atoms with Gasteiger partial charge in [0.25, 0.3) is 0 Å². The van der Waals surface area contributed by atoms with Crippen LogP contribution in [0.25, 0.3) is 0 Å². The van der Waals surface area contributed by atoms with Gasteiger partial charge in [-0.15, -0.1) is 0 Å². The SMILES string of the molecule is Cc1ccc(Sc2nc3c(cc2C(=O)O)CCC3)c(C)c1. The predicted octanol–water partition coefficient (Wildman–Crippen LogP) is 4.04. The van der Waals surface area contributed by atoms with Crippen molar-refractivity contribution in [1.29, 1.82) is 0 Å². The van der Waals surface area contributed by atoms with Crippen molar-refractivity contribution in [3.8, 4) is 0 Å². The van der Waals surface area contributed by atoms with Crippen molar-refractivity contribution in [2.24, 2.45) is 0 Å². The van der Waals surface area contributed by atoms with Gasteiger partial charge in [0.15, 0.2) is 0 Å². The van der Waals surface area contributed by atoms with Crippen LogP contribution in [-0.2, 0) is 12.8 Å². The van der Waals surface area contributed by atoms with E-state index in [1.165, 1.54) is 17.3 Å². The highest BCUT2D eigenvalue weighted by molar-refractivity contribution is 7.99. The minimum absolute atomic E-state index is 0.320. The highest BCUT2D eigenvalue weighted by atomic mass is 32.2. The van der Waals surface area contributed by atoms with Crippen LogP contribution in [0, 0.1) is 13.8 Å². The van der Waals surface area contributed by atoms with Gasteiger partial charge < -0.3 is 5.11 Å². The molecule has 21 heavy (non-hydrogen) atoms. The number of hydrogen-bond acceptors (Lipinski definition) is 3. The summed E-state index contributed by atoms with van der Waals surface area (Å²) >= 11 is 1.45. The Kier molecular flexibility index (Phi) is 3.72. The van der Waals surface area contributed by atoms with Crippen molar-refractivity contribution in [2.75, 3.05) is 0 Å². The van der Waals surface area contributed by atoms with Crippen LogP contribution in [0.2, 0.25) is 0 Å². The van der Waals surface area contributed by atoms with Gasteiger partial charge in [-0.2, -0.15) is 0 Å². The number of nitrogens with zero attached hydrogens (tertiary/aromatic N) is 1. The van der Waals surface area contributed by atoms with Crippen molar-refractivity contribution in [1.82, 2.24) is 4.98 Å². The largest absolute Gasteiger partial charge is 0.478 e. The fourth-order valence-electron chi connectivity index (χ4n) is 2.70. The van der Waals surface area contributed by atoms with E-state index >= 15 is 0 Å². The van der Waals surface area contributed by atoms with E-state index in [2.05, 4.69) is 18.0 Å². The van der Waals surface area contributed by atoms with Gasteiger partial charge in [0.1, 0.15) is 5.03 Å². The number of rotatable bonds is 3. The maximum absolute atomic E-state index is 11.5. The van der Waals surface area contributed by atoms with Gasteiger partial charge in [0, 0.05) is 10.6 Å². The Morgan fingerprint density at radius 1 is 1.24 bits per heavy atom. The monoisotopic (exact) mass is 299 g/mol. The average Bonchev–Trinajstić information content (AvgIpc) is 2.88. The van der Waals surface area contributed by atoms with Crippen molar-refractivity contribution in [3.05, 3.63) is 52.2 Å². The Hall–Kier alpha value is -1.81. The van der Waals surface area contributed by atoms with Crippen LogP contribution < -0.4 is 0 Å². The molecule has 2 aromatic rings. The number of carbonyl (C=O) groups is 1. The molecular weight excluding hydrogens is 282 g/mol. The van der Waals surface area contributed by atoms with Gasteiger partial charge >= 0.3 is 5.97 Å². The zero-order valence-electron chi connectivity index (χ0n) is 12.1. The third kappa shape index (κ3) is 2.81. The molecular formula is C17H17NO2S. The highest BCUT2D eigenvalue weighted by Crippen LogP contribution is 2.34. The number of carboxylic acids is 1.